The van der Waals surface area contributed by atoms with Gasteiger partial charge in [0.1, 0.15) is 11.9 Å². The van der Waals surface area contributed by atoms with Crippen molar-refractivity contribution in [3.63, 3.8) is 0 Å². The van der Waals surface area contributed by atoms with Crippen molar-refractivity contribution in [2.45, 2.75) is 25.0 Å². The number of carbonyl (C=O) groups is 1. The Labute approximate surface area is 111 Å². The molecule has 2 unspecified atom stereocenters. The first-order valence-electron chi connectivity index (χ1n) is 6.65. The van der Waals surface area contributed by atoms with E-state index >= 15 is 0 Å². The number of hydrogen-bond donors (Lipinski definition) is 2. The Hall–Kier alpha value is -1.46. The maximum Gasteiger partial charge on any atom is 0.250 e. The monoisotopic (exact) mass is 264 g/mol. The van der Waals surface area contributed by atoms with Gasteiger partial charge in [-0.05, 0) is 36.1 Å². The number of amides is 1. The zero-order chi connectivity index (χ0) is 13.2. The zero-order valence-electron chi connectivity index (χ0n) is 10.6. The van der Waals surface area contributed by atoms with Crippen LogP contribution in [0.15, 0.2) is 18.2 Å². The van der Waals surface area contributed by atoms with Gasteiger partial charge in [0.15, 0.2) is 0 Å². The molecule has 1 amide bonds. The van der Waals surface area contributed by atoms with Crippen molar-refractivity contribution in [2.75, 3.05) is 19.7 Å². The van der Waals surface area contributed by atoms with Crippen LogP contribution in [0.25, 0.3) is 0 Å². The van der Waals surface area contributed by atoms with E-state index in [1.165, 1.54) is 6.07 Å². The summed E-state index contributed by atoms with van der Waals surface area (Å²) in [5, 5.41) is 6.13. The largest absolute Gasteiger partial charge is 0.366 e. The smallest absolute Gasteiger partial charge is 0.250 e. The Morgan fingerprint density at radius 2 is 2.37 bits per heavy atom. The third kappa shape index (κ3) is 2.62. The zero-order valence-corrected chi connectivity index (χ0v) is 10.6. The van der Waals surface area contributed by atoms with E-state index in [0.717, 1.165) is 30.5 Å². The molecular weight excluding hydrogens is 247 g/mol. The number of aryl methyl sites for hydroxylation is 1. The Morgan fingerprint density at radius 3 is 3.16 bits per heavy atom. The van der Waals surface area contributed by atoms with Gasteiger partial charge in [-0.3, -0.25) is 4.79 Å². The lowest BCUT2D eigenvalue weighted by atomic mass is 10.1. The molecular formula is C14H17FN2O2. The summed E-state index contributed by atoms with van der Waals surface area (Å²) in [5.41, 5.74) is 2.02. The number of ether oxygens (including phenoxy) is 1. The van der Waals surface area contributed by atoms with Crippen molar-refractivity contribution in [2.24, 2.45) is 0 Å². The van der Waals surface area contributed by atoms with Crippen LogP contribution in [0.4, 0.5) is 4.39 Å². The fraction of sp³-hybridized carbons (Fsp3) is 0.500. The first kappa shape index (κ1) is 12.6. The predicted octanol–water partition coefficient (Wildman–Crippen LogP) is 0.918. The van der Waals surface area contributed by atoms with E-state index in [2.05, 4.69) is 10.6 Å². The lowest BCUT2D eigenvalue weighted by molar-refractivity contribution is -0.135. The Bertz CT molecular complexity index is 486. The van der Waals surface area contributed by atoms with E-state index in [1.807, 2.05) is 0 Å². The number of nitrogens with one attached hydrogen (secondary N) is 2. The first-order valence-corrected chi connectivity index (χ1v) is 6.65. The molecule has 2 N–H and O–H groups in total. The minimum Gasteiger partial charge on any atom is -0.366 e. The van der Waals surface area contributed by atoms with Gasteiger partial charge in [0.25, 0.3) is 5.91 Å². The Kier molecular flexibility index (Phi) is 3.48. The van der Waals surface area contributed by atoms with Crippen molar-refractivity contribution < 1.29 is 13.9 Å². The highest BCUT2D eigenvalue weighted by Gasteiger charge is 2.28. The second kappa shape index (κ2) is 5.27. The highest BCUT2D eigenvalue weighted by molar-refractivity contribution is 5.81. The molecule has 1 saturated heterocycles. The number of halogens is 1. The van der Waals surface area contributed by atoms with Crippen molar-refractivity contribution in [1.82, 2.24) is 10.6 Å². The lowest BCUT2D eigenvalue weighted by Crippen LogP contribution is -2.48. The molecule has 0 radical (unpaired) electrons. The van der Waals surface area contributed by atoms with E-state index in [9.17, 15) is 9.18 Å². The van der Waals surface area contributed by atoms with Gasteiger partial charge in [0, 0.05) is 13.1 Å². The van der Waals surface area contributed by atoms with Gasteiger partial charge in [0.2, 0.25) is 0 Å². The summed E-state index contributed by atoms with van der Waals surface area (Å²) < 4.78 is 18.5. The molecule has 0 bridgehead atoms. The quantitative estimate of drug-likeness (QED) is 0.835. The summed E-state index contributed by atoms with van der Waals surface area (Å²) in [4.78, 5) is 12.1. The van der Waals surface area contributed by atoms with E-state index in [4.69, 9.17) is 4.74 Å². The molecule has 1 heterocycles. The number of fused-ring (bicyclic) bond motifs is 1. The highest BCUT2D eigenvalue weighted by Crippen LogP contribution is 2.31. The fourth-order valence-corrected chi connectivity index (χ4v) is 2.73. The molecule has 3 rings (SSSR count). The minimum absolute atomic E-state index is 0.0198. The van der Waals surface area contributed by atoms with Crippen LogP contribution in [0.5, 0.6) is 0 Å². The maximum absolute atomic E-state index is 13.1. The number of benzene rings is 1. The topological polar surface area (TPSA) is 50.4 Å². The maximum atomic E-state index is 13.1. The van der Waals surface area contributed by atoms with Crippen LogP contribution >= 0.6 is 0 Å². The third-order valence-corrected chi connectivity index (χ3v) is 3.72. The first-order chi connectivity index (χ1) is 9.24. The van der Waals surface area contributed by atoms with E-state index in [-0.39, 0.29) is 17.8 Å². The van der Waals surface area contributed by atoms with Gasteiger partial charge in [0.05, 0.1) is 12.6 Å². The molecule has 0 spiro atoms. The summed E-state index contributed by atoms with van der Waals surface area (Å²) in [6.45, 7) is 1.90. The van der Waals surface area contributed by atoms with Crippen molar-refractivity contribution in [3.8, 4) is 0 Å². The average Bonchev–Trinajstić information content (AvgIpc) is 2.82. The third-order valence-electron chi connectivity index (χ3n) is 3.72. The molecule has 5 heteroatoms. The molecule has 2 aliphatic rings. The van der Waals surface area contributed by atoms with Crippen molar-refractivity contribution in [3.05, 3.63) is 35.1 Å². The molecule has 1 aromatic carbocycles. The van der Waals surface area contributed by atoms with E-state index in [1.54, 1.807) is 12.1 Å². The number of rotatable bonds is 2. The number of morpholine rings is 1. The summed E-state index contributed by atoms with van der Waals surface area (Å²) in [7, 11) is 0. The summed E-state index contributed by atoms with van der Waals surface area (Å²) in [6.07, 6.45) is 1.21. The fourth-order valence-electron chi connectivity index (χ4n) is 2.73. The molecule has 0 saturated carbocycles. The van der Waals surface area contributed by atoms with Gasteiger partial charge < -0.3 is 15.4 Å². The predicted molar refractivity (Wildman–Crippen MR) is 68.2 cm³/mol. The standard InChI is InChI=1S/C14H17FN2O2/c15-10-2-3-11-9(7-10)1-4-12(11)17-14(18)13-8-16-5-6-19-13/h2-3,7,12-13,16H,1,4-6,8H2,(H,17,18). The molecule has 1 fully saturated rings. The van der Waals surface area contributed by atoms with Gasteiger partial charge in [-0.25, -0.2) is 4.39 Å². The lowest BCUT2D eigenvalue weighted by Gasteiger charge is -2.24. The molecule has 1 aliphatic carbocycles. The van der Waals surface area contributed by atoms with Gasteiger partial charge in [-0.15, -0.1) is 0 Å². The normalized spacial score (nSPS) is 25.9. The molecule has 0 aromatic heterocycles. The van der Waals surface area contributed by atoms with Crippen LogP contribution in [-0.2, 0) is 16.0 Å². The summed E-state index contributed by atoms with van der Waals surface area (Å²) >= 11 is 0. The highest BCUT2D eigenvalue weighted by atomic mass is 19.1. The summed E-state index contributed by atoms with van der Waals surface area (Å²) in [5.74, 6) is -0.306. The molecule has 2 atom stereocenters. The van der Waals surface area contributed by atoms with Gasteiger partial charge in [-0.2, -0.15) is 0 Å². The van der Waals surface area contributed by atoms with Crippen LogP contribution in [0.3, 0.4) is 0 Å². The molecule has 102 valence electrons. The molecule has 19 heavy (non-hydrogen) atoms. The van der Waals surface area contributed by atoms with Crippen LogP contribution in [0.2, 0.25) is 0 Å². The molecule has 1 aliphatic heterocycles. The van der Waals surface area contributed by atoms with Gasteiger partial charge in [-0.1, -0.05) is 6.07 Å². The average molecular weight is 264 g/mol. The number of hydrogen-bond acceptors (Lipinski definition) is 3. The van der Waals surface area contributed by atoms with Crippen LogP contribution in [0, 0.1) is 5.82 Å². The second-order valence-electron chi connectivity index (χ2n) is 5.01. The van der Waals surface area contributed by atoms with Crippen LogP contribution < -0.4 is 10.6 Å². The van der Waals surface area contributed by atoms with E-state index in [0.29, 0.717) is 13.2 Å². The SMILES string of the molecule is O=C(NC1CCc2cc(F)ccc21)C1CNCCO1. The van der Waals surface area contributed by atoms with Crippen molar-refractivity contribution >= 4 is 5.91 Å². The Morgan fingerprint density at radius 1 is 1.47 bits per heavy atom. The van der Waals surface area contributed by atoms with Crippen molar-refractivity contribution in [1.29, 1.82) is 0 Å². The molecule has 1 aromatic rings. The second-order valence-corrected chi connectivity index (χ2v) is 5.01. The van der Waals surface area contributed by atoms with Crippen LogP contribution in [0.1, 0.15) is 23.6 Å². The van der Waals surface area contributed by atoms with Gasteiger partial charge >= 0.3 is 0 Å². The van der Waals surface area contributed by atoms with E-state index < -0.39 is 6.10 Å². The molecule has 4 nitrogen and oxygen atoms in total. The minimum atomic E-state index is -0.418. The number of carbonyl (C=O) groups excluding carboxylic acids is 1. The Balaban J connectivity index is 1.67. The summed E-state index contributed by atoms with van der Waals surface area (Å²) in [6, 6.07) is 4.75. The van der Waals surface area contributed by atoms with Crippen LogP contribution in [-0.4, -0.2) is 31.7 Å².